The fourth-order valence-electron chi connectivity index (χ4n) is 2.83. The molecule has 1 aromatic heterocycles. The molecule has 0 spiro atoms. The van der Waals surface area contributed by atoms with Crippen molar-refractivity contribution < 1.29 is 0 Å². The summed E-state index contributed by atoms with van der Waals surface area (Å²) >= 11 is 0. The number of tetrazole rings is 1. The fraction of sp³-hybridized carbons (Fsp3) is 0.533. The van der Waals surface area contributed by atoms with E-state index in [4.69, 9.17) is 0 Å². The summed E-state index contributed by atoms with van der Waals surface area (Å²) < 4.78 is 1.68. The average Bonchev–Trinajstić information content (AvgIpc) is 2.99. The van der Waals surface area contributed by atoms with E-state index in [0.717, 1.165) is 12.2 Å². The van der Waals surface area contributed by atoms with E-state index < -0.39 is 0 Å². The van der Waals surface area contributed by atoms with Gasteiger partial charge in [-0.05, 0) is 61.9 Å². The Morgan fingerprint density at radius 2 is 2.19 bits per heavy atom. The summed E-state index contributed by atoms with van der Waals surface area (Å²) in [6.45, 7) is 5.56. The Morgan fingerprint density at radius 3 is 2.90 bits per heavy atom. The van der Waals surface area contributed by atoms with E-state index in [1.165, 1.54) is 24.1 Å². The number of likely N-dealkylation sites (tertiary alicyclic amines) is 1. The lowest BCUT2D eigenvalue weighted by Gasteiger charge is -2.36. The number of rotatable bonds is 3. The lowest BCUT2D eigenvalue weighted by molar-refractivity contribution is 0.190. The van der Waals surface area contributed by atoms with Crippen molar-refractivity contribution in [1.29, 1.82) is 0 Å². The van der Waals surface area contributed by atoms with Crippen LogP contribution in [0, 0.1) is 6.92 Å². The normalized spacial score (nSPS) is 23.2. The predicted octanol–water partition coefficient (Wildman–Crippen LogP) is 1.87. The highest BCUT2D eigenvalue weighted by Gasteiger charge is 2.22. The molecule has 112 valence electrons. The zero-order valence-corrected chi connectivity index (χ0v) is 12.8. The van der Waals surface area contributed by atoms with Crippen molar-refractivity contribution in [3.63, 3.8) is 0 Å². The first-order valence-electron chi connectivity index (χ1n) is 7.44. The van der Waals surface area contributed by atoms with E-state index in [-0.39, 0.29) is 0 Å². The van der Waals surface area contributed by atoms with Gasteiger partial charge in [-0.1, -0.05) is 6.07 Å². The highest BCUT2D eigenvalue weighted by Crippen LogP contribution is 2.24. The van der Waals surface area contributed by atoms with E-state index in [1.54, 1.807) is 11.0 Å². The lowest BCUT2D eigenvalue weighted by Crippen LogP contribution is -2.42. The number of piperidine rings is 1. The molecule has 0 radical (unpaired) electrons. The Morgan fingerprint density at radius 1 is 1.33 bits per heavy atom. The maximum atomic E-state index is 3.95. The highest BCUT2D eigenvalue weighted by atomic mass is 15.5. The molecular weight excluding hydrogens is 264 g/mol. The number of nitrogens with one attached hydrogen (secondary N) is 1. The molecule has 1 fully saturated rings. The van der Waals surface area contributed by atoms with Crippen molar-refractivity contribution in [1.82, 2.24) is 25.1 Å². The largest absolute Gasteiger partial charge is 0.382 e. The van der Waals surface area contributed by atoms with Gasteiger partial charge in [-0.15, -0.1) is 5.10 Å². The van der Waals surface area contributed by atoms with Gasteiger partial charge in [-0.2, -0.15) is 0 Å². The van der Waals surface area contributed by atoms with Gasteiger partial charge in [-0.3, -0.25) is 0 Å². The average molecular weight is 286 g/mol. The molecule has 1 aromatic carbocycles. The SMILES string of the molecule is Cc1ccc(-n2cnnn2)cc1NC1CCN(C)C(C)C1. The second-order valence-electron chi connectivity index (χ2n) is 5.95. The minimum atomic E-state index is 0.527. The quantitative estimate of drug-likeness (QED) is 0.933. The smallest absolute Gasteiger partial charge is 0.143 e. The molecule has 0 bridgehead atoms. The third-order valence-corrected chi connectivity index (χ3v) is 4.40. The van der Waals surface area contributed by atoms with Crippen LogP contribution in [0.5, 0.6) is 0 Å². The predicted molar refractivity (Wildman–Crippen MR) is 82.6 cm³/mol. The van der Waals surface area contributed by atoms with Crippen LogP contribution in [0.15, 0.2) is 24.5 Å². The lowest BCUT2D eigenvalue weighted by atomic mass is 9.98. The number of nitrogens with zero attached hydrogens (tertiary/aromatic N) is 5. The maximum absolute atomic E-state index is 3.95. The molecule has 2 aromatic rings. The maximum Gasteiger partial charge on any atom is 0.143 e. The number of benzene rings is 1. The molecule has 21 heavy (non-hydrogen) atoms. The minimum Gasteiger partial charge on any atom is -0.382 e. The molecule has 6 nitrogen and oxygen atoms in total. The van der Waals surface area contributed by atoms with Crippen LogP contribution in [0.25, 0.3) is 5.69 Å². The van der Waals surface area contributed by atoms with E-state index >= 15 is 0 Å². The summed E-state index contributed by atoms with van der Waals surface area (Å²) in [6.07, 6.45) is 3.96. The molecule has 0 saturated carbocycles. The highest BCUT2D eigenvalue weighted by molar-refractivity contribution is 5.57. The summed E-state index contributed by atoms with van der Waals surface area (Å²) in [5, 5.41) is 15.0. The van der Waals surface area contributed by atoms with Crippen LogP contribution in [-0.4, -0.2) is 50.8 Å². The molecule has 0 amide bonds. The molecule has 1 aliphatic heterocycles. The van der Waals surface area contributed by atoms with Gasteiger partial charge < -0.3 is 10.2 Å². The van der Waals surface area contributed by atoms with Crippen molar-refractivity contribution in [2.75, 3.05) is 18.9 Å². The molecule has 1 saturated heterocycles. The van der Waals surface area contributed by atoms with Gasteiger partial charge in [0.25, 0.3) is 0 Å². The van der Waals surface area contributed by atoms with E-state index in [0.29, 0.717) is 12.1 Å². The second kappa shape index (κ2) is 5.81. The van der Waals surface area contributed by atoms with Crippen LogP contribution in [0.4, 0.5) is 5.69 Å². The van der Waals surface area contributed by atoms with Crippen LogP contribution in [0.1, 0.15) is 25.3 Å². The van der Waals surface area contributed by atoms with Gasteiger partial charge in [0.05, 0.1) is 5.69 Å². The molecule has 2 atom stereocenters. The topological polar surface area (TPSA) is 58.9 Å². The van der Waals surface area contributed by atoms with Crippen LogP contribution in [0.3, 0.4) is 0 Å². The Hall–Kier alpha value is -1.95. The Bertz CT molecular complexity index is 594. The first-order chi connectivity index (χ1) is 10.1. The van der Waals surface area contributed by atoms with Gasteiger partial charge in [0.1, 0.15) is 6.33 Å². The van der Waals surface area contributed by atoms with Crippen molar-refractivity contribution >= 4 is 5.69 Å². The number of anilines is 1. The first kappa shape index (κ1) is 14.0. The zero-order chi connectivity index (χ0) is 14.8. The van der Waals surface area contributed by atoms with E-state index in [1.807, 2.05) is 6.07 Å². The van der Waals surface area contributed by atoms with Crippen molar-refractivity contribution in [2.45, 2.75) is 38.8 Å². The van der Waals surface area contributed by atoms with Gasteiger partial charge in [0.2, 0.25) is 0 Å². The molecule has 2 unspecified atom stereocenters. The van der Waals surface area contributed by atoms with Crippen LogP contribution < -0.4 is 5.32 Å². The number of aromatic nitrogens is 4. The Labute approximate surface area is 125 Å². The van der Waals surface area contributed by atoms with Crippen LogP contribution >= 0.6 is 0 Å². The fourth-order valence-corrected chi connectivity index (χ4v) is 2.83. The van der Waals surface area contributed by atoms with Gasteiger partial charge >= 0.3 is 0 Å². The molecule has 2 heterocycles. The number of hydrogen-bond acceptors (Lipinski definition) is 5. The third kappa shape index (κ3) is 3.05. The Kier molecular flexibility index (Phi) is 3.88. The number of hydrogen-bond donors (Lipinski definition) is 1. The number of aryl methyl sites for hydroxylation is 1. The molecule has 6 heteroatoms. The van der Waals surface area contributed by atoms with Crippen LogP contribution in [0.2, 0.25) is 0 Å². The zero-order valence-electron chi connectivity index (χ0n) is 12.8. The van der Waals surface area contributed by atoms with Gasteiger partial charge in [0, 0.05) is 24.3 Å². The van der Waals surface area contributed by atoms with Gasteiger partial charge in [-0.25, -0.2) is 4.68 Å². The van der Waals surface area contributed by atoms with Crippen LogP contribution in [-0.2, 0) is 0 Å². The minimum absolute atomic E-state index is 0.527. The summed E-state index contributed by atoms with van der Waals surface area (Å²) in [6, 6.07) is 7.42. The monoisotopic (exact) mass is 286 g/mol. The van der Waals surface area contributed by atoms with Crippen molar-refractivity contribution in [3.8, 4) is 5.69 Å². The molecule has 0 aliphatic carbocycles. The van der Waals surface area contributed by atoms with E-state index in [9.17, 15) is 0 Å². The standard InChI is InChI=1S/C15H22N6/c1-11-4-5-14(21-10-16-18-19-21)9-15(11)17-13-6-7-20(3)12(2)8-13/h4-5,9-10,12-13,17H,6-8H2,1-3H3. The van der Waals surface area contributed by atoms with E-state index in [2.05, 4.69) is 58.8 Å². The molecule has 1 N–H and O–H groups in total. The Balaban J connectivity index is 1.77. The first-order valence-corrected chi connectivity index (χ1v) is 7.44. The van der Waals surface area contributed by atoms with Crippen molar-refractivity contribution in [3.05, 3.63) is 30.1 Å². The summed E-state index contributed by atoms with van der Waals surface area (Å²) in [5.74, 6) is 0. The summed E-state index contributed by atoms with van der Waals surface area (Å²) in [5.41, 5.74) is 3.40. The summed E-state index contributed by atoms with van der Waals surface area (Å²) in [7, 11) is 2.20. The van der Waals surface area contributed by atoms with Crippen molar-refractivity contribution in [2.24, 2.45) is 0 Å². The molecule has 1 aliphatic rings. The van der Waals surface area contributed by atoms with Gasteiger partial charge in [0.15, 0.2) is 0 Å². The molecular formula is C15H22N6. The second-order valence-corrected chi connectivity index (χ2v) is 5.95. The summed E-state index contributed by atoms with van der Waals surface area (Å²) in [4.78, 5) is 2.42. The molecule has 3 rings (SSSR count). The third-order valence-electron chi connectivity index (χ3n) is 4.40.